The van der Waals surface area contributed by atoms with E-state index in [1.165, 1.54) is 22.5 Å². The molecule has 2 heterocycles. The highest BCUT2D eigenvalue weighted by atomic mass is 35.5. The number of sulfonamides is 1. The number of hydrogen-bond donors (Lipinski definition) is 0. The van der Waals surface area contributed by atoms with Gasteiger partial charge < -0.3 is 4.90 Å². The topological polar surface area (TPSA) is 110 Å². The molecular weight excluding hydrogens is 477 g/mol. The van der Waals surface area contributed by atoms with Crippen LogP contribution in [0.4, 0.5) is 11.5 Å². The van der Waals surface area contributed by atoms with Crippen molar-refractivity contribution >= 4 is 44.7 Å². The summed E-state index contributed by atoms with van der Waals surface area (Å²) in [5.41, 5.74) is 1.05. The predicted octanol–water partition coefficient (Wildman–Crippen LogP) is 3.87. The molecule has 1 aliphatic heterocycles. The summed E-state index contributed by atoms with van der Waals surface area (Å²) in [5.74, 6) is 0.617. The van der Waals surface area contributed by atoms with Crippen LogP contribution in [0.25, 0.3) is 11.3 Å². The number of nitro groups is 1. The van der Waals surface area contributed by atoms with Gasteiger partial charge in [-0.25, -0.2) is 8.42 Å². The maximum Gasteiger partial charge on any atom is 0.270 e. The third kappa shape index (κ3) is 4.53. The van der Waals surface area contributed by atoms with Gasteiger partial charge in [-0.15, -0.1) is 10.2 Å². The fraction of sp³-hybridized carbons (Fsp3) is 0.200. The lowest BCUT2D eigenvalue weighted by molar-refractivity contribution is -0.385. The van der Waals surface area contributed by atoms with Crippen LogP contribution >= 0.6 is 23.2 Å². The summed E-state index contributed by atoms with van der Waals surface area (Å²) in [5, 5.41) is 20.5. The molecular formula is C20H17Cl2N5O4S. The average Bonchev–Trinajstić information content (AvgIpc) is 2.79. The van der Waals surface area contributed by atoms with E-state index in [4.69, 9.17) is 23.2 Å². The van der Waals surface area contributed by atoms with E-state index in [1.54, 1.807) is 30.3 Å². The van der Waals surface area contributed by atoms with Crippen LogP contribution in [0.15, 0.2) is 59.5 Å². The molecule has 1 saturated heterocycles. The van der Waals surface area contributed by atoms with Gasteiger partial charge in [0.05, 0.1) is 20.5 Å². The van der Waals surface area contributed by atoms with Crippen molar-refractivity contribution in [2.45, 2.75) is 4.90 Å². The number of nitro benzene ring substituents is 1. The van der Waals surface area contributed by atoms with E-state index in [0.29, 0.717) is 40.2 Å². The molecule has 32 heavy (non-hydrogen) atoms. The summed E-state index contributed by atoms with van der Waals surface area (Å²) in [4.78, 5) is 12.2. The van der Waals surface area contributed by atoms with Crippen LogP contribution < -0.4 is 4.90 Å². The molecule has 0 atom stereocenters. The Bertz CT molecular complexity index is 1260. The SMILES string of the molecule is O=[N+]([O-])c1cccc(S(=O)(=O)N2CCN(c3ccc(-c4ccc(Cl)cc4Cl)nn3)CC2)c1. The van der Waals surface area contributed by atoms with Gasteiger partial charge in [0.15, 0.2) is 5.82 Å². The van der Waals surface area contributed by atoms with Crippen LogP contribution in [0.5, 0.6) is 0 Å². The Balaban J connectivity index is 1.45. The minimum atomic E-state index is -3.83. The molecule has 1 fully saturated rings. The average molecular weight is 494 g/mol. The van der Waals surface area contributed by atoms with Gasteiger partial charge in [-0.1, -0.05) is 29.3 Å². The van der Waals surface area contributed by atoms with Gasteiger partial charge in [0, 0.05) is 48.9 Å². The molecule has 1 aliphatic rings. The Hall–Kier alpha value is -2.79. The Morgan fingerprint density at radius 3 is 2.31 bits per heavy atom. The van der Waals surface area contributed by atoms with E-state index >= 15 is 0 Å². The normalized spacial score (nSPS) is 15.0. The summed E-state index contributed by atoms with van der Waals surface area (Å²) < 4.78 is 27.1. The van der Waals surface area contributed by atoms with E-state index in [-0.39, 0.29) is 23.7 Å². The molecule has 0 N–H and O–H groups in total. The van der Waals surface area contributed by atoms with Crippen LogP contribution in [0, 0.1) is 10.1 Å². The zero-order chi connectivity index (χ0) is 22.9. The minimum Gasteiger partial charge on any atom is -0.352 e. The van der Waals surface area contributed by atoms with E-state index < -0.39 is 14.9 Å². The first-order valence-electron chi connectivity index (χ1n) is 9.54. The zero-order valence-corrected chi connectivity index (χ0v) is 18.9. The van der Waals surface area contributed by atoms with Crippen molar-refractivity contribution in [3.63, 3.8) is 0 Å². The molecule has 2 aromatic carbocycles. The summed E-state index contributed by atoms with van der Waals surface area (Å²) >= 11 is 12.2. The van der Waals surface area contributed by atoms with Crippen molar-refractivity contribution in [3.05, 3.63) is 74.8 Å². The lowest BCUT2D eigenvalue weighted by atomic mass is 10.1. The molecule has 9 nitrogen and oxygen atoms in total. The third-order valence-corrected chi connectivity index (χ3v) is 7.53. The molecule has 0 radical (unpaired) electrons. The molecule has 12 heteroatoms. The Morgan fingerprint density at radius 2 is 1.69 bits per heavy atom. The first-order valence-corrected chi connectivity index (χ1v) is 11.7. The standard InChI is InChI=1S/C20H17Cl2N5O4S/c21-14-4-5-17(18(22)12-14)19-6-7-20(24-23-19)25-8-10-26(11-9-25)32(30,31)16-3-1-2-15(13-16)27(28)29/h1-7,12-13H,8-11H2. The fourth-order valence-corrected chi connectivity index (χ4v) is 5.37. The number of anilines is 1. The van der Waals surface area contributed by atoms with E-state index in [9.17, 15) is 18.5 Å². The summed E-state index contributed by atoms with van der Waals surface area (Å²) in [6.45, 7) is 1.25. The van der Waals surface area contributed by atoms with Crippen LogP contribution in [0.1, 0.15) is 0 Å². The van der Waals surface area contributed by atoms with E-state index in [0.717, 1.165) is 6.07 Å². The lowest BCUT2D eigenvalue weighted by Gasteiger charge is -2.34. The quantitative estimate of drug-likeness (QED) is 0.391. The van der Waals surface area contributed by atoms with Gasteiger partial charge in [0.25, 0.3) is 5.69 Å². The van der Waals surface area contributed by atoms with Crippen LogP contribution in [-0.4, -0.2) is 54.0 Å². The Labute approximate surface area is 194 Å². The maximum absolute atomic E-state index is 12.9. The van der Waals surface area contributed by atoms with Crippen molar-refractivity contribution in [1.29, 1.82) is 0 Å². The van der Waals surface area contributed by atoms with Crippen LogP contribution in [-0.2, 0) is 10.0 Å². The number of nitrogens with zero attached hydrogens (tertiary/aromatic N) is 5. The molecule has 0 unspecified atom stereocenters. The highest BCUT2D eigenvalue weighted by Gasteiger charge is 2.30. The highest BCUT2D eigenvalue weighted by molar-refractivity contribution is 7.89. The number of piperazine rings is 1. The first-order chi connectivity index (χ1) is 15.3. The summed E-state index contributed by atoms with van der Waals surface area (Å²) in [6.07, 6.45) is 0. The summed E-state index contributed by atoms with van der Waals surface area (Å²) in [7, 11) is -3.83. The number of halogens is 2. The van der Waals surface area contributed by atoms with Gasteiger partial charge in [-0.2, -0.15) is 4.31 Å². The molecule has 166 valence electrons. The molecule has 0 amide bonds. The van der Waals surface area contributed by atoms with E-state index in [1.807, 2.05) is 4.90 Å². The van der Waals surface area contributed by atoms with Crippen molar-refractivity contribution in [2.75, 3.05) is 31.1 Å². The van der Waals surface area contributed by atoms with E-state index in [2.05, 4.69) is 10.2 Å². The molecule has 3 aromatic rings. The van der Waals surface area contributed by atoms with Crippen molar-refractivity contribution in [3.8, 4) is 11.3 Å². The van der Waals surface area contributed by atoms with Crippen molar-refractivity contribution in [1.82, 2.24) is 14.5 Å². The molecule has 0 spiro atoms. The predicted molar refractivity (Wildman–Crippen MR) is 122 cm³/mol. The second kappa shape index (κ2) is 8.99. The third-order valence-electron chi connectivity index (χ3n) is 5.09. The van der Waals surface area contributed by atoms with Gasteiger partial charge in [-0.3, -0.25) is 10.1 Å². The minimum absolute atomic E-state index is 0.0934. The second-order valence-corrected chi connectivity index (χ2v) is 9.83. The van der Waals surface area contributed by atoms with Gasteiger partial charge >= 0.3 is 0 Å². The Kier molecular flexibility index (Phi) is 6.29. The number of hydrogen-bond acceptors (Lipinski definition) is 7. The molecule has 1 aromatic heterocycles. The number of aromatic nitrogens is 2. The largest absolute Gasteiger partial charge is 0.352 e. The zero-order valence-electron chi connectivity index (χ0n) is 16.6. The number of rotatable bonds is 5. The highest BCUT2D eigenvalue weighted by Crippen LogP contribution is 2.29. The monoisotopic (exact) mass is 493 g/mol. The number of benzene rings is 2. The molecule has 0 bridgehead atoms. The van der Waals surface area contributed by atoms with Gasteiger partial charge in [-0.05, 0) is 36.4 Å². The van der Waals surface area contributed by atoms with Crippen LogP contribution in [0.2, 0.25) is 10.0 Å². The smallest absolute Gasteiger partial charge is 0.270 e. The van der Waals surface area contributed by atoms with Gasteiger partial charge in [0.1, 0.15) is 0 Å². The fourth-order valence-electron chi connectivity index (χ4n) is 3.40. The molecule has 0 aliphatic carbocycles. The first kappa shape index (κ1) is 22.4. The number of non-ortho nitro benzene ring substituents is 1. The summed E-state index contributed by atoms with van der Waals surface area (Å²) in [6, 6.07) is 13.8. The van der Waals surface area contributed by atoms with Crippen molar-refractivity contribution in [2.24, 2.45) is 0 Å². The Morgan fingerprint density at radius 1 is 0.938 bits per heavy atom. The van der Waals surface area contributed by atoms with Crippen LogP contribution in [0.3, 0.4) is 0 Å². The van der Waals surface area contributed by atoms with Gasteiger partial charge in [0.2, 0.25) is 10.0 Å². The maximum atomic E-state index is 12.9. The lowest BCUT2D eigenvalue weighted by Crippen LogP contribution is -2.49. The second-order valence-electron chi connectivity index (χ2n) is 7.05. The molecule has 0 saturated carbocycles. The molecule has 4 rings (SSSR count). The van der Waals surface area contributed by atoms with Crippen molar-refractivity contribution < 1.29 is 13.3 Å².